The molecule has 1 aromatic rings. The number of aryl methyl sites for hydroxylation is 2. The number of imidazole rings is 1. The van der Waals surface area contributed by atoms with Crippen LogP contribution in [-0.2, 0) is 13.1 Å². The third-order valence-corrected chi connectivity index (χ3v) is 2.98. The molecule has 0 bridgehead atoms. The fourth-order valence-electron chi connectivity index (χ4n) is 1.41. The van der Waals surface area contributed by atoms with E-state index in [2.05, 4.69) is 69.4 Å². The minimum Gasteiger partial charge on any atom is -0.237 e. The summed E-state index contributed by atoms with van der Waals surface area (Å²) < 4.78 is 4.45. The first-order valence-corrected chi connectivity index (χ1v) is 8.62. The molecule has 22 heavy (non-hydrogen) atoms. The van der Waals surface area contributed by atoms with E-state index < -0.39 is 0 Å². The van der Waals surface area contributed by atoms with E-state index in [1.165, 1.54) is 32.1 Å². The monoisotopic (exact) mass is 416 g/mol. The third kappa shape index (κ3) is 20.0. The molecule has 0 aromatic carbocycles. The molecule has 0 aliphatic heterocycles. The maximum atomic E-state index is 3.84. The van der Waals surface area contributed by atoms with E-state index in [1.807, 2.05) is 0 Å². The molecule has 0 fully saturated rings. The van der Waals surface area contributed by atoms with E-state index in [9.17, 15) is 0 Å². The molecule has 3 heteroatoms. The summed E-state index contributed by atoms with van der Waals surface area (Å²) in [7, 11) is 0. The summed E-state index contributed by atoms with van der Waals surface area (Å²) in [6.45, 7) is 19.6. The summed E-state index contributed by atoms with van der Waals surface area (Å²) >= 11 is 0. The Morgan fingerprint density at radius 3 is 1.82 bits per heavy atom. The maximum absolute atomic E-state index is 3.84. The molecule has 0 atom stereocenters. The zero-order chi connectivity index (χ0) is 16.3. The average molecular weight is 415 g/mol. The summed E-state index contributed by atoms with van der Waals surface area (Å²) in [6.07, 6.45) is 15.9. The van der Waals surface area contributed by atoms with Gasteiger partial charge in [0.1, 0.15) is 12.4 Å². The molecule has 0 aliphatic carbocycles. The molecule has 0 N–H and O–H groups in total. The van der Waals surface area contributed by atoms with Crippen LogP contribution in [0.3, 0.4) is 0 Å². The van der Waals surface area contributed by atoms with Gasteiger partial charge in [-0.3, -0.25) is 0 Å². The van der Waals surface area contributed by atoms with Crippen LogP contribution in [0.15, 0.2) is 18.7 Å². The summed E-state index contributed by atoms with van der Waals surface area (Å²) in [5.74, 6) is 0. The van der Waals surface area contributed by atoms with Crippen molar-refractivity contribution in [2.75, 3.05) is 0 Å². The van der Waals surface area contributed by atoms with Crippen LogP contribution in [0, 0.1) is 20.8 Å². The predicted molar refractivity (Wildman–Crippen MR) is 103 cm³/mol. The van der Waals surface area contributed by atoms with Crippen molar-refractivity contribution in [3.8, 4) is 0 Å². The Balaban J connectivity index is -0.000000153. The number of rotatable bonds is 8. The first kappa shape index (κ1) is 26.9. The van der Waals surface area contributed by atoms with Crippen LogP contribution in [0.2, 0.25) is 0 Å². The first-order chi connectivity index (χ1) is 10.2. The van der Waals surface area contributed by atoms with E-state index in [-0.39, 0.29) is 25.3 Å². The standard InChI is InChI=1S/C11H20N2.2C4H9.Sn.H2/c1-3-5-6-7-8-13-10-9-12(4-2)11-13;2*1-3-4-2;;/h9-11H,1,3-8H2,2H3;2*1,3-4H2,2H3;;1H/q+1;;;;. The van der Waals surface area contributed by atoms with Gasteiger partial charge in [0.05, 0.1) is 13.1 Å². The Morgan fingerprint density at radius 2 is 1.45 bits per heavy atom. The average Bonchev–Trinajstić information content (AvgIpc) is 3.00. The van der Waals surface area contributed by atoms with Gasteiger partial charge in [-0.2, -0.15) is 0 Å². The Hall–Kier alpha value is 0.00870. The Kier molecular flexibility index (Phi) is 28.4. The van der Waals surface area contributed by atoms with E-state index >= 15 is 0 Å². The van der Waals surface area contributed by atoms with Crippen LogP contribution in [0.4, 0.5) is 0 Å². The topological polar surface area (TPSA) is 8.81 Å². The number of nitrogens with zero attached hydrogens (tertiary/aromatic N) is 2. The fraction of sp³-hybridized carbons (Fsp3) is 0.684. The van der Waals surface area contributed by atoms with Crippen molar-refractivity contribution in [3.63, 3.8) is 0 Å². The normalized spacial score (nSPS) is 9.00. The molecule has 0 amide bonds. The molecular weight excluding hydrogens is 375 g/mol. The molecule has 2 nitrogen and oxygen atoms in total. The first-order valence-electron chi connectivity index (χ1n) is 8.62. The van der Waals surface area contributed by atoms with Crippen molar-refractivity contribution in [3.05, 3.63) is 39.5 Å². The Morgan fingerprint density at radius 1 is 0.909 bits per heavy atom. The molecule has 0 unspecified atom stereocenters. The quantitative estimate of drug-likeness (QED) is 0.310. The van der Waals surface area contributed by atoms with Crippen molar-refractivity contribution >= 4 is 23.9 Å². The SMILES string of the molecule is [CH2]CCC.[CH2]CCC.[CH2]CCCCC[n+]1ccn(CC)c1.[HH].[Sn]. The van der Waals surface area contributed by atoms with Gasteiger partial charge in [0.2, 0.25) is 6.33 Å². The van der Waals surface area contributed by atoms with Crippen molar-refractivity contribution < 1.29 is 5.99 Å². The van der Waals surface area contributed by atoms with Gasteiger partial charge in [0.15, 0.2) is 0 Å². The van der Waals surface area contributed by atoms with Gasteiger partial charge in [-0.1, -0.05) is 73.1 Å². The van der Waals surface area contributed by atoms with Gasteiger partial charge in [0, 0.05) is 25.3 Å². The third-order valence-electron chi connectivity index (χ3n) is 2.98. The molecule has 7 radical (unpaired) electrons. The second-order valence-corrected chi connectivity index (χ2v) is 5.10. The van der Waals surface area contributed by atoms with Crippen LogP contribution in [-0.4, -0.2) is 28.5 Å². The number of unbranched alkanes of at least 4 members (excludes halogenated alkanes) is 5. The second kappa shape index (κ2) is 23.3. The largest absolute Gasteiger partial charge is 0.243 e. The van der Waals surface area contributed by atoms with E-state index in [0.29, 0.717) is 0 Å². The van der Waals surface area contributed by atoms with Crippen LogP contribution >= 0.6 is 0 Å². The van der Waals surface area contributed by atoms with Crippen molar-refractivity contribution in [2.24, 2.45) is 0 Å². The second-order valence-electron chi connectivity index (χ2n) is 5.10. The molecule has 1 aromatic heterocycles. The van der Waals surface area contributed by atoms with E-state index in [0.717, 1.165) is 32.4 Å². The molecule has 1 rings (SSSR count). The molecule has 0 saturated heterocycles. The van der Waals surface area contributed by atoms with Gasteiger partial charge in [-0.25, -0.2) is 9.13 Å². The van der Waals surface area contributed by atoms with E-state index in [1.54, 1.807) is 0 Å². The Labute approximate surface area is 159 Å². The van der Waals surface area contributed by atoms with E-state index in [4.69, 9.17) is 0 Å². The van der Waals surface area contributed by atoms with Crippen LogP contribution in [0.1, 0.15) is 73.6 Å². The minimum atomic E-state index is 0. The molecule has 0 saturated carbocycles. The van der Waals surface area contributed by atoms with Gasteiger partial charge >= 0.3 is 0 Å². The summed E-state index contributed by atoms with van der Waals surface area (Å²) in [4.78, 5) is 0. The number of aromatic nitrogens is 2. The molecule has 0 spiro atoms. The molecule has 1 heterocycles. The summed E-state index contributed by atoms with van der Waals surface area (Å²) in [5.41, 5.74) is 0. The number of hydrogen-bond acceptors (Lipinski definition) is 0. The van der Waals surface area contributed by atoms with Crippen LogP contribution in [0.5, 0.6) is 0 Å². The zero-order valence-electron chi connectivity index (χ0n) is 15.3. The maximum Gasteiger partial charge on any atom is 0.243 e. The molecule has 0 aliphatic rings. The van der Waals surface area contributed by atoms with Gasteiger partial charge in [0.25, 0.3) is 0 Å². The fourth-order valence-corrected chi connectivity index (χ4v) is 1.41. The van der Waals surface area contributed by atoms with Crippen LogP contribution in [0.25, 0.3) is 0 Å². The summed E-state index contributed by atoms with van der Waals surface area (Å²) in [5, 5.41) is 0. The van der Waals surface area contributed by atoms with Crippen molar-refractivity contribution in [2.45, 2.75) is 85.2 Å². The number of hydrogen-bond donors (Lipinski definition) is 0. The zero-order valence-corrected chi connectivity index (χ0v) is 18.2. The minimum absolute atomic E-state index is 0. The van der Waals surface area contributed by atoms with Gasteiger partial charge in [-0.15, -0.1) is 0 Å². The van der Waals surface area contributed by atoms with Crippen LogP contribution < -0.4 is 4.57 Å². The summed E-state index contributed by atoms with van der Waals surface area (Å²) in [6, 6.07) is 0. The van der Waals surface area contributed by atoms with Crippen molar-refractivity contribution in [1.82, 2.24) is 4.57 Å². The molecule has 129 valence electrons. The van der Waals surface area contributed by atoms with Gasteiger partial charge < -0.3 is 0 Å². The predicted octanol–water partition coefficient (Wildman–Crippen LogP) is 5.30. The van der Waals surface area contributed by atoms with Gasteiger partial charge in [-0.05, 0) is 19.8 Å². The smallest absolute Gasteiger partial charge is 0.237 e. The Bertz CT molecular complexity index is 283. The van der Waals surface area contributed by atoms with Crippen molar-refractivity contribution in [1.29, 1.82) is 0 Å². The molecular formula is C19H40N2Sn+.